The molecule has 0 aliphatic rings. The van der Waals surface area contributed by atoms with E-state index >= 15 is 0 Å². The summed E-state index contributed by atoms with van der Waals surface area (Å²) in [7, 11) is 1.42. The minimum Gasteiger partial charge on any atom is -0.494 e. The maximum atomic E-state index is 13.5. The Hall–Kier alpha value is -2.10. The zero-order valence-corrected chi connectivity index (χ0v) is 10.8. The predicted octanol–water partition coefficient (Wildman–Crippen LogP) is 4.15. The lowest BCUT2D eigenvalue weighted by molar-refractivity contribution is 0.386. The van der Waals surface area contributed by atoms with Gasteiger partial charge in [0.25, 0.3) is 0 Å². The van der Waals surface area contributed by atoms with Crippen LogP contribution in [-0.2, 0) is 0 Å². The SMILES string of the molecule is COc1ccc(NC(C)c2cccc(F)c2)cc1F. The first-order valence-electron chi connectivity index (χ1n) is 5.95. The Morgan fingerprint density at radius 2 is 1.89 bits per heavy atom. The Bertz CT molecular complexity index is 572. The summed E-state index contributed by atoms with van der Waals surface area (Å²) >= 11 is 0. The molecular weight excluding hydrogens is 248 g/mol. The molecule has 0 aliphatic carbocycles. The van der Waals surface area contributed by atoms with Crippen LogP contribution in [0.4, 0.5) is 14.5 Å². The van der Waals surface area contributed by atoms with E-state index in [9.17, 15) is 8.78 Å². The van der Waals surface area contributed by atoms with Crippen LogP contribution in [-0.4, -0.2) is 7.11 Å². The maximum Gasteiger partial charge on any atom is 0.167 e. The van der Waals surface area contributed by atoms with Gasteiger partial charge in [-0.05, 0) is 36.8 Å². The molecule has 4 heteroatoms. The van der Waals surface area contributed by atoms with Gasteiger partial charge in [-0.25, -0.2) is 8.78 Å². The maximum absolute atomic E-state index is 13.5. The molecule has 1 atom stereocenters. The summed E-state index contributed by atoms with van der Waals surface area (Å²) in [6.45, 7) is 1.89. The van der Waals surface area contributed by atoms with Gasteiger partial charge in [-0.1, -0.05) is 12.1 Å². The van der Waals surface area contributed by atoms with E-state index in [-0.39, 0.29) is 17.6 Å². The number of ether oxygens (including phenoxy) is 1. The topological polar surface area (TPSA) is 21.3 Å². The molecule has 2 aromatic carbocycles. The quantitative estimate of drug-likeness (QED) is 0.894. The number of benzene rings is 2. The van der Waals surface area contributed by atoms with Crippen LogP contribution in [0.15, 0.2) is 42.5 Å². The van der Waals surface area contributed by atoms with Gasteiger partial charge in [-0.2, -0.15) is 0 Å². The van der Waals surface area contributed by atoms with Crippen molar-refractivity contribution in [2.45, 2.75) is 13.0 Å². The molecule has 0 aromatic heterocycles. The molecule has 1 N–H and O–H groups in total. The molecule has 0 radical (unpaired) electrons. The average molecular weight is 263 g/mol. The van der Waals surface area contributed by atoms with Crippen LogP contribution in [0, 0.1) is 11.6 Å². The number of nitrogens with one attached hydrogen (secondary N) is 1. The number of methoxy groups -OCH3 is 1. The average Bonchev–Trinajstić information content (AvgIpc) is 2.39. The predicted molar refractivity (Wildman–Crippen MR) is 71.4 cm³/mol. The van der Waals surface area contributed by atoms with Crippen molar-refractivity contribution in [3.63, 3.8) is 0 Å². The van der Waals surface area contributed by atoms with Gasteiger partial charge in [0.05, 0.1) is 7.11 Å². The van der Waals surface area contributed by atoms with Crippen molar-refractivity contribution in [1.82, 2.24) is 0 Å². The summed E-state index contributed by atoms with van der Waals surface area (Å²) in [5.41, 5.74) is 1.42. The minimum absolute atomic E-state index is 0.122. The third-order valence-corrected chi connectivity index (χ3v) is 2.88. The molecule has 100 valence electrons. The largest absolute Gasteiger partial charge is 0.494 e. The van der Waals surface area contributed by atoms with Crippen LogP contribution in [0.3, 0.4) is 0 Å². The second kappa shape index (κ2) is 5.69. The molecule has 0 bridgehead atoms. The van der Waals surface area contributed by atoms with E-state index in [0.29, 0.717) is 5.69 Å². The van der Waals surface area contributed by atoms with Crippen molar-refractivity contribution in [3.8, 4) is 5.75 Å². The number of rotatable bonds is 4. The van der Waals surface area contributed by atoms with E-state index in [1.807, 2.05) is 13.0 Å². The molecule has 0 spiro atoms. The smallest absolute Gasteiger partial charge is 0.167 e. The van der Waals surface area contributed by atoms with Gasteiger partial charge in [0, 0.05) is 17.8 Å². The van der Waals surface area contributed by atoms with E-state index in [0.717, 1.165) is 5.56 Å². The third kappa shape index (κ3) is 3.22. The first-order valence-corrected chi connectivity index (χ1v) is 5.95. The van der Waals surface area contributed by atoms with E-state index in [1.165, 1.54) is 25.3 Å². The van der Waals surface area contributed by atoms with Crippen molar-refractivity contribution in [2.75, 3.05) is 12.4 Å². The van der Waals surface area contributed by atoms with E-state index in [1.54, 1.807) is 18.2 Å². The Morgan fingerprint density at radius 3 is 2.53 bits per heavy atom. The summed E-state index contributed by atoms with van der Waals surface area (Å²) < 4.78 is 31.5. The van der Waals surface area contributed by atoms with Crippen LogP contribution < -0.4 is 10.1 Å². The van der Waals surface area contributed by atoms with Crippen LogP contribution in [0.25, 0.3) is 0 Å². The lowest BCUT2D eigenvalue weighted by Gasteiger charge is -2.16. The normalized spacial score (nSPS) is 12.0. The van der Waals surface area contributed by atoms with Crippen LogP contribution in [0.2, 0.25) is 0 Å². The Labute approximate surface area is 111 Å². The van der Waals surface area contributed by atoms with Crippen LogP contribution >= 0.6 is 0 Å². The molecule has 0 saturated heterocycles. The van der Waals surface area contributed by atoms with Crippen LogP contribution in [0.5, 0.6) is 5.75 Å². The molecule has 0 aliphatic heterocycles. The standard InChI is InChI=1S/C15H15F2NO/c1-10(11-4-3-5-12(16)8-11)18-13-6-7-15(19-2)14(17)9-13/h3-10,18H,1-2H3. The minimum atomic E-state index is -0.432. The number of halogens is 2. The number of hydrogen-bond acceptors (Lipinski definition) is 2. The second-order valence-corrected chi connectivity index (χ2v) is 4.27. The highest BCUT2D eigenvalue weighted by Gasteiger charge is 2.08. The van der Waals surface area contributed by atoms with Crippen molar-refractivity contribution < 1.29 is 13.5 Å². The van der Waals surface area contributed by atoms with Crippen molar-refractivity contribution >= 4 is 5.69 Å². The Balaban J connectivity index is 2.14. The molecule has 2 nitrogen and oxygen atoms in total. The summed E-state index contributed by atoms with van der Waals surface area (Å²) in [6, 6.07) is 10.8. The lowest BCUT2D eigenvalue weighted by atomic mass is 10.1. The molecule has 0 amide bonds. The van der Waals surface area contributed by atoms with Crippen LogP contribution in [0.1, 0.15) is 18.5 Å². The zero-order valence-electron chi connectivity index (χ0n) is 10.8. The van der Waals surface area contributed by atoms with Gasteiger partial charge in [0.15, 0.2) is 11.6 Å². The van der Waals surface area contributed by atoms with Crippen molar-refractivity contribution in [2.24, 2.45) is 0 Å². The monoisotopic (exact) mass is 263 g/mol. The molecule has 2 aromatic rings. The fourth-order valence-corrected chi connectivity index (χ4v) is 1.87. The van der Waals surface area contributed by atoms with Gasteiger partial charge in [0.1, 0.15) is 5.82 Å². The Kier molecular flexibility index (Phi) is 4.00. The lowest BCUT2D eigenvalue weighted by Crippen LogP contribution is -2.07. The van der Waals surface area contributed by atoms with E-state index in [4.69, 9.17) is 4.74 Å². The van der Waals surface area contributed by atoms with Gasteiger partial charge in [-0.3, -0.25) is 0 Å². The highest BCUT2D eigenvalue weighted by Crippen LogP contribution is 2.24. The van der Waals surface area contributed by atoms with Crippen molar-refractivity contribution in [1.29, 1.82) is 0 Å². The van der Waals surface area contributed by atoms with E-state index in [2.05, 4.69) is 5.32 Å². The van der Waals surface area contributed by atoms with Gasteiger partial charge in [-0.15, -0.1) is 0 Å². The molecule has 0 heterocycles. The number of anilines is 1. The Morgan fingerprint density at radius 1 is 1.11 bits per heavy atom. The second-order valence-electron chi connectivity index (χ2n) is 4.27. The summed E-state index contributed by atoms with van der Waals surface area (Å²) in [6.07, 6.45) is 0. The van der Waals surface area contributed by atoms with Gasteiger partial charge in [0.2, 0.25) is 0 Å². The first kappa shape index (κ1) is 13.3. The van der Waals surface area contributed by atoms with Gasteiger partial charge >= 0.3 is 0 Å². The molecule has 1 unspecified atom stereocenters. The zero-order chi connectivity index (χ0) is 13.8. The van der Waals surface area contributed by atoms with E-state index < -0.39 is 5.82 Å². The fourth-order valence-electron chi connectivity index (χ4n) is 1.87. The summed E-state index contributed by atoms with van der Waals surface area (Å²) in [5.74, 6) is -0.519. The third-order valence-electron chi connectivity index (χ3n) is 2.88. The highest BCUT2D eigenvalue weighted by molar-refractivity contribution is 5.49. The summed E-state index contributed by atoms with van der Waals surface area (Å²) in [5, 5.41) is 3.12. The first-order chi connectivity index (χ1) is 9.10. The molecular formula is C15H15F2NO. The fraction of sp³-hybridized carbons (Fsp3) is 0.200. The summed E-state index contributed by atoms with van der Waals surface area (Å²) in [4.78, 5) is 0. The number of hydrogen-bond donors (Lipinski definition) is 1. The molecule has 0 saturated carbocycles. The molecule has 2 rings (SSSR count). The van der Waals surface area contributed by atoms with Gasteiger partial charge < -0.3 is 10.1 Å². The highest BCUT2D eigenvalue weighted by atomic mass is 19.1. The van der Waals surface area contributed by atoms with Crippen molar-refractivity contribution in [3.05, 3.63) is 59.7 Å². The molecule has 0 fully saturated rings. The molecule has 19 heavy (non-hydrogen) atoms.